The molecule has 0 radical (unpaired) electrons. The fraction of sp³-hybridized carbons (Fsp3) is 0.938. The molecule has 0 heterocycles. The monoisotopic (exact) mass is 518 g/mol. The number of hydrogen-bond acceptors (Lipinski definition) is 4. The molecule has 0 aromatic carbocycles. The van der Waals surface area contributed by atoms with E-state index in [1.165, 1.54) is 19.3 Å². The van der Waals surface area contributed by atoms with Gasteiger partial charge in [-0.05, 0) is 123 Å². The van der Waals surface area contributed by atoms with Crippen LogP contribution in [-0.4, -0.2) is 34.4 Å². The lowest BCUT2D eigenvalue weighted by molar-refractivity contribution is -0.187. The highest BCUT2D eigenvalue weighted by Gasteiger charge is 2.64. The minimum atomic E-state index is -0.717. The van der Waals surface area contributed by atoms with Gasteiger partial charge < -0.3 is 14.9 Å². The maximum Gasteiger partial charge on any atom is 0.312 e. The third-order valence-corrected chi connectivity index (χ3v) is 13.0. The molecule has 212 valence electrons. The summed E-state index contributed by atoms with van der Waals surface area (Å²) < 4.78 is 6.17. The normalized spacial score (nSPS) is 42.8. The van der Waals surface area contributed by atoms with Gasteiger partial charge in [-0.15, -0.1) is 0 Å². The van der Waals surface area contributed by atoms with E-state index in [2.05, 4.69) is 41.5 Å². The van der Waals surface area contributed by atoms with E-state index in [-0.39, 0.29) is 40.8 Å². The number of carbonyl (C=O) groups is 2. The highest BCUT2D eigenvalue weighted by Crippen LogP contribution is 2.68. The number of carbonyl (C=O) groups excluding carboxylic acids is 1. The lowest BCUT2D eigenvalue weighted by Crippen LogP contribution is -2.59. The molecule has 5 nitrogen and oxygen atoms in total. The fourth-order valence-corrected chi connectivity index (χ4v) is 9.41. The second kappa shape index (κ2) is 9.82. The lowest BCUT2D eigenvalue weighted by Gasteiger charge is -2.62. The van der Waals surface area contributed by atoms with Gasteiger partial charge in [0.1, 0.15) is 6.10 Å². The Kier molecular flexibility index (Phi) is 7.67. The van der Waals surface area contributed by atoms with Crippen molar-refractivity contribution in [2.75, 3.05) is 0 Å². The van der Waals surface area contributed by atoms with E-state index in [0.717, 1.165) is 32.1 Å². The molecule has 4 aliphatic carbocycles. The molecule has 0 amide bonds. The standard InChI is InChI=1S/C32H54O5/c1-19(9-14-27(34)35)23-12-13-24-22-11-10-20-17-21(37-28(36)30(5,6)29(2,3)4)15-16-31(20,7)25(22)18-26(33)32(23,24)8/h19-26,33H,9-18H2,1-8H3,(H,34,35)/t19?,20?,21-,22?,23?,24?,25?,26+,31?,32?/m1/s1. The average molecular weight is 519 g/mol. The van der Waals surface area contributed by atoms with Gasteiger partial charge in [0.2, 0.25) is 0 Å². The number of ether oxygens (including phenoxy) is 1. The van der Waals surface area contributed by atoms with Crippen LogP contribution in [0.2, 0.25) is 0 Å². The minimum absolute atomic E-state index is 0.00785. The van der Waals surface area contributed by atoms with Crippen LogP contribution in [0.25, 0.3) is 0 Å². The second-order valence-corrected chi connectivity index (χ2v) is 15.5. The molecular weight excluding hydrogens is 464 g/mol. The SMILES string of the molecule is CC(CCC(=O)O)C1CCC2C3CCC4C[C@H](OC(=O)C(C)(C)C(C)(C)C)CCC4(C)C3C[C@H](O)C12C. The highest BCUT2D eigenvalue weighted by molar-refractivity contribution is 5.77. The van der Waals surface area contributed by atoms with Crippen molar-refractivity contribution in [1.29, 1.82) is 0 Å². The molecule has 0 spiro atoms. The molecular formula is C32H54O5. The summed E-state index contributed by atoms with van der Waals surface area (Å²) in [5, 5.41) is 20.9. The van der Waals surface area contributed by atoms with E-state index >= 15 is 0 Å². The van der Waals surface area contributed by atoms with Crippen LogP contribution < -0.4 is 0 Å². The number of rotatable bonds is 6. The van der Waals surface area contributed by atoms with E-state index < -0.39 is 11.4 Å². The number of carboxylic acid groups (broad SMARTS) is 1. The molecule has 0 aromatic rings. The molecule has 4 fully saturated rings. The predicted octanol–water partition coefficient (Wildman–Crippen LogP) is 7.10. The topological polar surface area (TPSA) is 83.8 Å². The Hall–Kier alpha value is -1.10. The lowest BCUT2D eigenvalue weighted by atomic mass is 9.43. The summed E-state index contributed by atoms with van der Waals surface area (Å²) >= 11 is 0. The molecule has 0 aliphatic heterocycles. The van der Waals surface area contributed by atoms with E-state index in [4.69, 9.17) is 4.74 Å². The maximum absolute atomic E-state index is 13.1. The summed E-state index contributed by atoms with van der Waals surface area (Å²) in [5.74, 6) is 2.18. The Balaban J connectivity index is 1.46. The zero-order valence-electron chi connectivity index (χ0n) is 24.8. The first kappa shape index (κ1) is 28.9. The number of fused-ring (bicyclic) bond motifs is 5. The Morgan fingerprint density at radius 2 is 1.65 bits per heavy atom. The molecule has 4 rings (SSSR count). The van der Waals surface area contributed by atoms with Crippen molar-refractivity contribution in [2.24, 2.45) is 57.2 Å². The van der Waals surface area contributed by atoms with Crippen molar-refractivity contribution in [1.82, 2.24) is 0 Å². The van der Waals surface area contributed by atoms with E-state index in [1.54, 1.807) is 0 Å². The first-order valence-corrected chi connectivity index (χ1v) is 15.1. The molecule has 10 atom stereocenters. The van der Waals surface area contributed by atoms with Gasteiger partial charge in [0.15, 0.2) is 0 Å². The number of aliphatic hydroxyl groups excluding tert-OH is 1. The summed E-state index contributed by atoms with van der Waals surface area (Å²) in [5.41, 5.74) is -0.585. The van der Waals surface area contributed by atoms with Gasteiger partial charge in [-0.2, -0.15) is 0 Å². The average Bonchev–Trinajstić information content (AvgIpc) is 3.16. The Bertz CT molecular complexity index is 873. The van der Waals surface area contributed by atoms with Crippen LogP contribution in [0.1, 0.15) is 120 Å². The molecule has 5 heteroatoms. The predicted molar refractivity (Wildman–Crippen MR) is 146 cm³/mol. The summed E-state index contributed by atoms with van der Waals surface area (Å²) in [7, 11) is 0. The largest absolute Gasteiger partial charge is 0.481 e. The third kappa shape index (κ3) is 4.78. The molecule has 0 aromatic heterocycles. The maximum atomic E-state index is 13.1. The van der Waals surface area contributed by atoms with Crippen molar-refractivity contribution >= 4 is 11.9 Å². The Labute approximate surface area is 225 Å². The van der Waals surface area contributed by atoms with E-state index in [9.17, 15) is 19.8 Å². The number of hydrogen-bond donors (Lipinski definition) is 2. The Morgan fingerprint density at radius 3 is 2.27 bits per heavy atom. The van der Waals surface area contributed by atoms with Crippen LogP contribution >= 0.6 is 0 Å². The quantitative estimate of drug-likeness (QED) is 0.366. The molecule has 4 aliphatic rings. The molecule has 0 bridgehead atoms. The smallest absolute Gasteiger partial charge is 0.312 e. The molecule has 4 saturated carbocycles. The fourth-order valence-electron chi connectivity index (χ4n) is 9.41. The van der Waals surface area contributed by atoms with Gasteiger partial charge in [-0.25, -0.2) is 0 Å². The second-order valence-electron chi connectivity index (χ2n) is 15.5. The van der Waals surface area contributed by atoms with Crippen molar-refractivity contribution in [2.45, 2.75) is 132 Å². The van der Waals surface area contributed by atoms with Crippen LogP contribution in [0.5, 0.6) is 0 Å². The van der Waals surface area contributed by atoms with Gasteiger partial charge in [-0.3, -0.25) is 9.59 Å². The van der Waals surface area contributed by atoms with Crippen LogP contribution in [-0.2, 0) is 14.3 Å². The van der Waals surface area contributed by atoms with Crippen molar-refractivity contribution in [3.8, 4) is 0 Å². The highest BCUT2D eigenvalue weighted by atomic mass is 16.5. The summed E-state index contributed by atoms with van der Waals surface area (Å²) in [6.07, 6.45) is 9.12. The van der Waals surface area contributed by atoms with Gasteiger partial charge in [-0.1, -0.05) is 41.5 Å². The zero-order chi connectivity index (χ0) is 27.6. The first-order chi connectivity index (χ1) is 17.0. The van der Waals surface area contributed by atoms with Crippen LogP contribution in [0.15, 0.2) is 0 Å². The molecule has 8 unspecified atom stereocenters. The molecule has 37 heavy (non-hydrogen) atoms. The number of aliphatic hydroxyl groups is 1. The third-order valence-electron chi connectivity index (χ3n) is 13.0. The number of aliphatic carboxylic acids is 1. The van der Waals surface area contributed by atoms with Crippen LogP contribution in [0.4, 0.5) is 0 Å². The molecule has 2 N–H and O–H groups in total. The van der Waals surface area contributed by atoms with Crippen molar-refractivity contribution in [3.05, 3.63) is 0 Å². The first-order valence-electron chi connectivity index (χ1n) is 15.1. The number of esters is 1. The Morgan fingerprint density at radius 1 is 0.973 bits per heavy atom. The van der Waals surface area contributed by atoms with Gasteiger partial charge >= 0.3 is 11.9 Å². The zero-order valence-corrected chi connectivity index (χ0v) is 24.8. The van der Waals surface area contributed by atoms with E-state index in [1.807, 2.05) is 13.8 Å². The van der Waals surface area contributed by atoms with Crippen LogP contribution in [0.3, 0.4) is 0 Å². The van der Waals surface area contributed by atoms with E-state index in [0.29, 0.717) is 41.9 Å². The minimum Gasteiger partial charge on any atom is -0.481 e. The summed E-state index contributed by atoms with van der Waals surface area (Å²) in [6.45, 7) is 17.3. The number of carboxylic acids is 1. The van der Waals surface area contributed by atoms with Crippen LogP contribution in [0, 0.1) is 57.2 Å². The van der Waals surface area contributed by atoms with Gasteiger partial charge in [0.25, 0.3) is 0 Å². The van der Waals surface area contributed by atoms with Gasteiger partial charge in [0, 0.05) is 6.42 Å². The summed E-state index contributed by atoms with van der Waals surface area (Å²) in [6, 6.07) is 0. The summed E-state index contributed by atoms with van der Waals surface area (Å²) in [4.78, 5) is 24.3. The molecule has 0 saturated heterocycles. The van der Waals surface area contributed by atoms with Gasteiger partial charge in [0.05, 0.1) is 11.5 Å². The van der Waals surface area contributed by atoms with Crippen molar-refractivity contribution < 1.29 is 24.5 Å². The van der Waals surface area contributed by atoms with Crippen molar-refractivity contribution in [3.63, 3.8) is 0 Å².